The smallest absolute Gasteiger partial charge is 0.326 e. The third-order valence-electron chi connectivity index (χ3n) is 6.59. The Bertz CT molecular complexity index is 1040. The summed E-state index contributed by atoms with van der Waals surface area (Å²) in [6.45, 7) is 0.829. The molecule has 2 aliphatic carbocycles. The van der Waals surface area contributed by atoms with Crippen molar-refractivity contribution < 1.29 is 4.79 Å². The van der Waals surface area contributed by atoms with Crippen molar-refractivity contribution in [2.45, 2.75) is 44.6 Å². The summed E-state index contributed by atoms with van der Waals surface area (Å²) in [5, 5.41) is 0. The number of rotatable bonds is 1. The summed E-state index contributed by atoms with van der Waals surface area (Å²) >= 11 is 0. The summed E-state index contributed by atoms with van der Waals surface area (Å²) in [5.74, 6) is 0.586. The van der Waals surface area contributed by atoms with E-state index in [2.05, 4.69) is 22.0 Å². The number of fused-ring (bicyclic) bond motifs is 4. The number of imidazole rings is 1. The number of H-pyrrole nitrogens is 1. The number of aromatic amines is 1. The first kappa shape index (κ1) is 16.6. The standard InChI is InChI=1S/C22H25N3O2/c1-24-20-11-9-15(13-18(20)23-22(24)27)21(26)25-12-4-7-17-16-6-3-2-5-14(16)8-10-19(17)25/h5-6,9,11,13,17,19H,2-4,7-8,10,12H2,1H3,(H,23,27)/t17?,19-/m0/s1. The molecule has 5 heteroatoms. The first-order chi connectivity index (χ1) is 13.1. The van der Waals surface area contributed by atoms with Gasteiger partial charge in [-0.15, -0.1) is 0 Å². The van der Waals surface area contributed by atoms with E-state index in [1.54, 1.807) is 11.6 Å². The fourth-order valence-electron chi connectivity index (χ4n) is 5.25. The zero-order valence-electron chi connectivity index (χ0n) is 15.7. The third-order valence-corrected chi connectivity index (χ3v) is 6.59. The fourth-order valence-corrected chi connectivity index (χ4v) is 5.25. The van der Waals surface area contributed by atoms with Crippen molar-refractivity contribution in [3.05, 3.63) is 57.5 Å². The predicted octanol–water partition coefficient (Wildman–Crippen LogP) is 3.53. The van der Waals surface area contributed by atoms with Gasteiger partial charge in [-0.1, -0.05) is 12.2 Å². The van der Waals surface area contributed by atoms with Crippen LogP contribution in [0.25, 0.3) is 11.0 Å². The minimum atomic E-state index is -0.150. The molecule has 1 aromatic heterocycles. The molecular formula is C22H25N3O2. The Labute approximate surface area is 158 Å². The number of benzene rings is 1. The maximum absolute atomic E-state index is 13.3. The highest BCUT2D eigenvalue weighted by Gasteiger charge is 2.40. The summed E-state index contributed by atoms with van der Waals surface area (Å²) in [4.78, 5) is 30.1. The number of aromatic nitrogens is 2. The second-order valence-corrected chi connectivity index (χ2v) is 8.04. The van der Waals surface area contributed by atoms with Crippen LogP contribution in [-0.4, -0.2) is 32.9 Å². The largest absolute Gasteiger partial charge is 0.335 e. The molecule has 1 aliphatic heterocycles. The van der Waals surface area contributed by atoms with Crippen molar-refractivity contribution >= 4 is 16.9 Å². The number of likely N-dealkylation sites (tertiary alicyclic amines) is 1. The molecule has 1 N–H and O–H groups in total. The molecule has 1 saturated heterocycles. The fraction of sp³-hybridized carbons (Fsp3) is 0.455. The number of nitrogens with one attached hydrogen (secondary N) is 1. The van der Waals surface area contributed by atoms with Gasteiger partial charge in [-0.2, -0.15) is 0 Å². The van der Waals surface area contributed by atoms with Crippen LogP contribution in [0.15, 0.2) is 46.3 Å². The van der Waals surface area contributed by atoms with E-state index in [4.69, 9.17) is 0 Å². The van der Waals surface area contributed by atoms with Crippen molar-refractivity contribution in [3.8, 4) is 0 Å². The number of aryl methyl sites for hydroxylation is 1. The minimum absolute atomic E-state index is 0.0974. The molecule has 2 fully saturated rings. The lowest BCUT2D eigenvalue weighted by Crippen LogP contribution is -2.50. The van der Waals surface area contributed by atoms with Crippen LogP contribution in [0.1, 0.15) is 48.9 Å². The summed E-state index contributed by atoms with van der Waals surface area (Å²) in [6, 6.07) is 5.86. The van der Waals surface area contributed by atoms with Crippen LogP contribution in [0.5, 0.6) is 0 Å². The minimum Gasteiger partial charge on any atom is -0.335 e. The van der Waals surface area contributed by atoms with E-state index in [1.807, 2.05) is 18.2 Å². The number of hydrogen-bond acceptors (Lipinski definition) is 2. The first-order valence-electron chi connectivity index (χ1n) is 10.0. The first-order valence-corrected chi connectivity index (χ1v) is 10.0. The zero-order valence-corrected chi connectivity index (χ0v) is 15.7. The summed E-state index contributed by atoms with van der Waals surface area (Å²) in [5.41, 5.74) is 5.11. The lowest BCUT2D eigenvalue weighted by Gasteiger charge is -2.46. The van der Waals surface area contributed by atoms with E-state index in [0.29, 0.717) is 17.5 Å². The predicted molar refractivity (Wildman–Crippen MR) is 106 cm³/mol. The molecule has 0 bridgehead atoms. The monoisotopic (exact) mass is 363 g/mol. The van der Waals surface area contributed by atoms with Crippen molar-refractivity contribution in [3.63, 3.8) is 0 Å². The highest BCUT2D eigenvalue weighted by Crippen LogP contribution is 2.43. The quantitative estimate of drug-likeness (QED) is 0.843. The number of hydrogen-bond donors (Lipinski definition) is 1. The van der Waals surface area contributed by atoms with Crippen molar-refractivity contribution in [1.82, 2.24) is 14.5 Å². The molecule has 5 rings (SSSR count). The summed E-state index contributed by atoms with van der Waals surface area (Å²) < 4.78 is 1.57. The van der Waals surface area contributed by atoms with Gasteiger partial charge in [0, 0.05) is 31.1 Å². The average Bonchev–Trinajstić information content (AvgIpc) is 3.00. The van der Waals surface area contributed by atoms with Gasteiger partial charge in [-0.3, -0.25) is 9.36 Å². The molecule has 2 aromatic rings. The molecule has 1 unspecified atom stereocenters. The van der Waals surface area contributed by atoms with Crippen molar-refractivity contribution in [2.24, 2.45) is 13.0 Å². The molecule has 0 radical (unpaired) electrons. The zero-order chi connectivity index (χ0) is 18.5. The second kappa shape index (κ2) is 6.25. The normalized spacial score (nSPS) is 24.9. The van der Waals surface area contributed by atoms with E-state index < -0.39 is 0 Å². The third kappa shape index (κ3) is 2.59. The number of piperidine rings is 1. The van der Waals surface area contributed by atoms with Crippen molar-refractivity contribution in [2.75, 3.05) is 6.54 Å². The van der Waals surface area contributed by atoms with Gasteiger partial charge in [0.15, 0.2) is 0 Å². The number of allylic oxidation sites excluding steroid dienone is 3. The van der Waals surface area contributed by atoms with E-state index >= 15 is 0 Å². The molecule has 1 saturated carbocycles. The molecule has 27 heavy (non-hydrogen) atoms. The van der Waals surface area contributed by atoms with Gasteiger partial charge in [-0.05, 0) is 67.9 Å². The molecule has 140 valence electrons. The summed E-state index contributed by atoms with van der Waals surface area (Å²) in [6.07, 6.45) is 11.5. The number of carbonyl (C=O) groups excluding carboxylic acids is 1. The van der Waals surface area contributed by atoms with Crippen LogP contribution in [0.3, 0.4) is 0 Å². The van der Waals surface area contributed by atoms with E-state index in [-0.39, 0.29) is 11.6 Å². The Hall–Kier alpha value is -2.56. The van der Waals surface area contributed by atoms with E-state index in [0.717, 1.165) is 49.7 Å². The van der Waals surface area contributed by atoms with E-state index in [9.17, 15) is 9.59 Å². The molecule has 0 spiro atoms. The highest BCUT2D eigenvalue weighted by atomic mass is 16.2. The Balaban J connectivity index is 1.47. The lowest BCUT2D eigenvalue weighted by atomic mass is 9.70. The Morgan fingerprint density at radius 1 is 1.19 bits per heavy atom. The van der Waals surface area contributed by atoms with Crippen LogP contribution >= 0.6 is 0 Å². The maximum atomic E-state index is 13.3. The van der Waals surface area contributed by atoms with Gasteiger partial charge in [-0.25, -0.2) is 4.79 Å². The average molecular weight is 363 g/mol. The van der Waals surface area contributed by atoms with Crippen LogP contribution in [-0.2, 0) is 7.05 Å². The van der Waals surface area contributed by atoms with Crippen LogP contribution in [0.4, 0.5) is 0 Å². The molecule has 5 nitrogen and oxygen atoms in total. The number of amides is 1. The summed E-state index contributed by atoms with van der Waals surface area (Å²) in [7, 11) is 1.74. The SMILES string of the molecule is Cn1c(=O)[nH]c2cc(C(=O)N3CCCC4C5=CCCC=C5CC[C@@H]43)ccc21. The van der Waals surface area contributed by atoms with Gasteiger partial charge in [0.1, 0.15) is 0 Å². The van der Waals surface area contributed by atoms with Gasteiger partial charge < -0.3 is 9.88 Å². The molecule has 2 atom stereocenters. The van der Waals surface area contributed by atoms with Crippen LogP contribution in [0, 0.1) is 5.92 Å². The van der Waals surface area contributed by atoms with Gasteiger partial charge in [0.25, 0.3) is 5.91 Å². The molecule has 3 aliphatic rings. The molecule has 1 aromatic carbocycles. The van der Waals surface area contributed by atoms with Gasteiger partial charge >= 0.3 is 5.69 Å². The van der Waals surface area contributed by atoms with E-state index in [1.165, 1.54) is 17.6 Å². The number of carbonyl (C=O) groups is 1. The Kier molecular flexibility index (Phi) is 3.85. The topological polar surface area (TPSA) is 58.1 Å². The van der Waals surface area contributed by atoms with Crippen LogP contribution in [0.2, 0.25) is 0 Å². The molecule has 1 amide bonds. The van der Waals surface area contributed by atoms with Gasteiger partial charge in [0.05, 0.1) is 11.0 Å². The molecule has 2 heterocycles. The Morgan fingerprint density at radius 3 is 2.93 bits per heavy atom. The lowest BCUT2D eigenvalue weighted by molar-refractivity contribution is 0.0501. The maximum Gasteiger partial charge on any atom is 0.326 e. The van der Waals surface area contributed by atoms with Gasteiger partial charge in [0.2, 0.25) is 0 Å². The van der Waals surface area contributed by atoms with Crippen molar-refractivity contribution in [1.29, 1.82) is 0 Å². The highest BCUT2D eigenvalue weighted by molar-refractivity contribution is 5.97. The molecular weight excluding hydrogens is 338 g/mol. The van der Waals surface area contributed by atoms with Crippen LogP contribution < -0.4 is 5.69 Å². The second-order valence-electron chi connectivity index (χ2n) is 8.04. The number of nitrogens with zero attached hydrogens (tertiary/aromatic N) is 2. The Morgan fingerprint density at radius 2 is 2.04 bits per heavy atom.